The highest BCUT2D eigenvalue weighted by atomic mass is 19.4. The van der Waals surface area contributed by atoms with Gasteiger partial charge < -0.3 is 19.2 Å². The van der Waals surface area contributed by atoms with Crippen molar-refractivity contribution in [1.29, 1.82) is 0 Å². The van der Waals surface area contributed by atoms with Crippen LogP contribution in [-0.4, -0.2) is 18.9 Å². The Bertz CT molecular complexity index is 1400. The molecule has 0 atom stereocenters. The minimum absolute atomic E-state index is 0.329. The monoisotopic (exact) mass is 495 g/mol. The maximum absolute atomic E-state index is 12.7. The van der Waals surface area contributed by atoms with Crippen molar-refractivity contribution in [2.24, 2.45) is 0 Å². The maximum atomic E-state index is 12.7. The lowest BCUT2D eigenvalue weighted by Gasteiger charge is -2.12. The SMILES string of the molecule is CCOc1cc2occ(-c3ccc(C)cc3)c2cc1/C(C)=C/C(=O)Nc1ccc(OC(F)(F)F)cc1. The number of allylic oxidation sites excluding steroid dienone is 1. The van der Waals surface area contributed by atoms with Crippen LogP contribution < -0.4 is 14.8 Å². The second-order valence-electron chi connectivity index (χ2n) is 8.18. The first-order valence-electron chi connectivity index (χ1n) is 11.2. The van der Waals surface area contributed by atoms with Crippen LogP contribution in [-0.2, 0) is 4.79 Å². The Morgan fingerprint density at radius 3 is 2.39 bits per heavy atom. The van der Waals surface area contributed by atoms with Gasteiger partial charge in [-0.2, -0.15) is 0 Å². The number of carbonyl (C=O) groups is 1. The van der Waals surface area contributed by atoms with Crippen molar-refractivity contribution in [2.45, 2.75) is 27.1 Å². The summed E-state index contributed by atoms with van der Waals surface area (Å²) in [5.74, 6) is -0.234. The van der Waals surface area contributed by atoms with E-state index in [4.69, 9.17) is 9.15 Å². The number of hydrogen-bond acceptors (Lipinski definition) is 4. The number of ether oxygens (including phenoxy) is 2. The Balaban J connectivity index is 1.61. The number of furan rings is 1. The summed E-state index contributed by atoms with van der Waals surface area (Å²) in [7, 11) is 0. The molecule has 0 spiro atoms. The van der Waals surface area contributed by atoms with Gasteiger partial charge in [-0.1, -0.05) is 29.8 Å². The second kappa shape index (κ2) is 10.2. The molecule has 36 heavy (non-hydrogen) atoms. The molecule has 1 amide bonds. The van der Waals surface area contributed by atoms with Crippen molar-refractivity contribution in [3.8, 4) is 22.6 Å². The van der Waals surface area contributed by atoms with Gasteiger partial charge in [-0.3, -0.25) is 4.79 Å². The van der Waals surface area contributed by atoms with E-state index in [2.05, 4.69) is 10.1 Å². The van der Waals surface area contributed by atoms with Gasteiger partial charge in [0.25, 0.3) is 0 Å². The third-order valence-electron chi connectivity index (χ3n) is 5.47. The molecule has 4 aromatic rings. The van der Waals surface area contributed by atoms with Gasteiger partial charge >= 0.3 is 6.36 Å². The zero-order valence-corrected chi connectivity index (χ0v) is 19.9. The van der Waals surface area contributed by atoms with Crippen LogP contribution in [0.4, 0.5) is 18.9 Å². The first-order chi connectivity index (χ1) is 17.1. The highest BCUT2D eigenvalue weighted by Crippen LogP contribution is 2.37. The summed E-state index contributed by atoms with van der Waals surface area (Å²) in [6.07, 6.45) is -1.67. The van der Waals surface area contributed by atoms with Gasteiger partial charge in [0.15, 0.2) is 0 Å². The van der Waals surface area contributed by atoms with E-state index >= 15 is 0 Å². The van der Waals surface area contributed by atoms with E-state index in [1.54, 1.807) is 19.3 Å². The topological polar surface area (TPSA) is 60.7 Å². The van der Waals surface area contributed by atoms with Crippen molar-refractivity contribution in [3.05, 3.63) is 84.1 Å². The number of alkyl halides is 3. The van der Waals surface area contributed by atoms with Crippen LogP contribution in [0.25, 0.3) is 27.7 Å². The number of anilines is 1. The minimum Gasteiger partial charge on any atom is -0.493 e. The predicted octanol–water partition coefficient (Wildman–Crippen LogP) is 7.75. The first kappa shape index (κ1) is 24.9. The molecule has 8 heteroatoms. The number of amides is 1. The number of aryl methyl sites for hydroxylation is 1. The summed E-state index contributed by atoms with van der Waals surface area (Å²) in [5.41, 5.74) is 5.44. The number of halogens is 3. The molecule has 3 aromatic carbocycles. The van der Waals surface area contributed by atoms with E-state index in [1.165, 1.54) is 18.2 Å². The van der Waals surface area contributed by atoms with Gasteiger partial charge in [0, 0.05) is 34.3 Å². The molecular weight excluding hydrogens is 471 g/mol. The predicted molar refractivity (Wildman–Crippen MR) is 133 cm³/mol. The average Bonchev–Trinajstić information content (AvgIpc) is 3.22. The van der Waals surface area contributed by atoms with Gasteiger partial charge in [0.05, 0.1) is 12.9 Å². The molecule has 1 aromatic heterocycles. The lowest BCUT2D eigenvalue weighted by molar-refractivity contribution is -0.274. The lowest BCUT2D eigenvalue weighted by atomic mass is 9.98. The second-order valence-corrected chi connectivity index (χ2v) is 8.18. The molecule has 1 heterocycles. The zero-order valence-electron chi connectivity index (χ0n) is 19.9. The third-order valence-corrected chi connectivity index (χ3v) is 5.47. The van der Waals surface area contributed by atoms with Crippen LogP contribution in [0.2, 0.25) is 0 Å². The normalized spacial score (nSPS) is 12.0. The molecule has 0 aliphatic heterocycles. The first-order valence-corrected chi connectivity index (χ1v) is 11.2. The Morgan fingerprint density at radius 2 is 1.75 bits per heavy atom. The molecule has 0 aliphatic rings. The van der Waals surface area contributed by atoms with Gasteiger partial charge in [-0.05, 0) is 62.2 Å². The molecule has 0 fully saturated rings. The number of hydrogen-bond donors (Lipinski definition) is 1. The number of carbonyl (C=O) groups excluding carboxylic acids is 1. The lowest BCUT2D eigenvalue weighted by Crippen LogP contribution is -2.17. The van der Waals surface area contributed by atoms with Gasteiger partial charge in [0.2, 0.25) is 5.91 Å². The fraction of sp³-hybridized carbons (Fsp3) is 0.179. The molecule has 0 aliphatic carbocycles. The summed E-state index contributed by atoms with van der Waals surface area (Å²) in [5, 5.41) is 3.53. The van der Waals surface area contributed by atoms with Gasteiger partial charge in [0.1, 0.15) is 17.1 Å². The highest BCUT2D eigenvalue weighted by molar-refractivity contribution is 6.05. The molecule has 5 nitrogen and oxygen atoms in total. The largest absolute Gasteiger partial charge is 0.573 e. The van der Waals surface area contributed by atoms with Crippen molar-refractivity contribution < 1.29 is 31.9 Å². The molecular formula is C28H24F3NO4. The Morgan fingerprint density at radius 1 is 1.06 bits per heavy atom. The van der Waals surface area contributed by atoms with Crippen LogP contribution in [0, 0.1) is 6.92 Å². The fourth-order valence-corrected chi connectivity index (χ4v) is 3.79. The average molecular weight is 495 g/mol. The number of fused-ring (bicyclic) bond motifs is 1. The van der Waals surface area contributed by atoms with Crippen molar-refractivity contribution >= 4 is 28.1 Å². The van der Waals surface area contributed by atoms with E-state index in [0.717, 1.165) is 39.8 Å². The van der Waals surface area contributed by atoms with Crippen LogP contribution in [0.1, 0.15) is 25.0 Å². The molecule has 4 rings (SSSR count). The number of rotatable bonds is 7. The summed E-state index contributed by atoms with van der Waals surface area (Å²) in [6.45, 7) is 6.10. The number of benzene rings is 3. The molecule has 1 N–H and O–H groups in total. The minimum atomic E-state index is -4.78. The molecule has 0 radical (unpaired) electrons. The van der Waals surface area contributed by atoms with Crippen molar-refractivity contribution in [2.75, 3.05) is 11.9 Å². The maximum Gasteiger partial charge on any atom is 0.573 e. The van der Waals surface area contributed by atoms with Crippen LogP contribution >= 0.6 is 0 Å². The van der Waals surface area contributed by atoms with Gasteiger partial charge in [-0.15, -0.1) is 13.2 Å². The zero-order chi connectivity index (χ0) is 25.9. The summed E-state index contributed by atoms with van der Waals surface area (Å²) in [4.78, 5) is 12.7. The fourth-order valence-electron chi connectivity index (χ4n) is 3.79. The van der Waals surface area contributed by atoms with E-state index in [9.17, 15) is 18.0 Å². The molecule has 0 bridgehead atoms. The Kier molecular flexibility index (Phi) is 7.05. The summed E-state index contributed by atoms with van der Waals surface area (Å²) >= 11 is 0. The van der Waals surface area contributed by atoms with E-state index in [-0.39, 0.29) is 5.75 Å². The summed E-state index contributed by atoms with van der Waals surface area (Å²) < 4.78 is 52.5. The summed E-state index contributed by atoms with van der Waals surface area (Å²) in [6, 6.07) is 16.8. The standard InChI is InChI=1S/C28H24F3NO4/c1-4-34-25-15-26-23(24(16-35-26)19-7-5-17(2)6-8-19)14-22(25)18(3)13-27(33)32-20-9-11-21(12-10-20)36-28(29,30)31/h5-16H,4H2,1-3H3,(H,32,33)/b18-13+. The Hall–Kier alpha value is -4.20. The third kappa shape index (κ3) is 5.89. The van der Waals surface area contributed by atoms with Crippen LogP contribution in [0.15, 0.2) is 77.4 Å². The molecule has 0 unspecified atom stereocenters. The van der Waals surface area contributed by atoms with Crippen LogP contribution in [0.3, 0.4) is 0 Å². The van der Waals surface area contributed by atoms with Crippen LogP contribution in [0.5, 0.6) is 11.5 Å². The quantitative estimate of drug-likeness (QED) is 0.266. The van der Waals surface area contributed by atoms with E-state index in [1.807, 2.05) is 44.2 Å². The molecule has 186 valence electrons. The van der Waals surface area contributed by atoms with E-state index in [0.29, 0.717) is 29.2 Å². The number of nitrogens with one attached hydrogen (secondary N) is 1. The highest BCUT2D eigenvalue weighted by Gasteiger charge is 2.31. The Labute approximate surface area is 206 Å². The molecule has 0 saturated carbocycles. The van der Waals surface area contributed by atoms with Gasteiger partial charge in [-0.25, -0.2) is 0 Å². The smallest absolute Gasteiger partial charge is 0.493 e. The molecule has 0 saturated heterocycles. The van der Waals surface area contributed by atoms with Crippen molar-refractivity contribution in [1.82, 2.24) is 0 Å². The van der Waals surface area contributed by atoms with E-state index < -0.39 is 12.3 Å². The van der Waals surface area contributed by atoms with Crippen molar-refractivity contribution in [3.63, 3.8) is 0 Å².